The SMILES string of the molecule is CCOc1cncc(N2CCCC(c3nncn3C)C2)n1. The second kappa shape index (κ2) is 6.07. The standard InChI is InChI=1S/C14H20N6O/c1-3-21-13-8-15-7-12(17-13)20-6-4-5-11(9-20)14-18-16-10-19(14)2/h7-8,10-11H,3-6,9H2,1-2H3. The molecule has 0 spiro atoms. The summed E-state index contributed by atoms with van der Waals surface area (Å²) in [6.07, 6.45) is 7.43. The molecule has 0 saturated carbocycles. The van der Waals surface area contributed by atoms with Crippen molar-refractivity contribution in [1.29, 1.82) is 0 Å². The predicted octanol–water partition coefficient (Wildman–Crippen LogP) is 1.39. The molecule has 1 aliphatic heterocycles. The van der Waals surface area contributed by atoms with Crippen molar-refractivity contribution < 1.29 is 4.74 Å². The third-order valence-electron chi connectivity index (χ3n) is 3.75. The highest BCUT2D eigenvalue weighted by Crippen LogP contribution is 2.28. The summed E-state index contributed by atoms with van der Waals surface area (Å²) >= 11 is 0. The molecule has 0 bridgehead atoms. The highest BCUT2D eigenvalue weighted by Gasteiger charge is 2.25. The number of hydrogen-bond donors (Lipinski definition) is 0. The molecular weight excluding hydrogens is 268 g/mol. The number of aromatic nitrogens is 5. The Morgan fingerprint density at radius 2 is 2.29 bits per heavy atom. The Labute approximate surface area is 124 Å². The van der Waals surface area contributed by atoms with Gasteiger partial charge in [-0.3, -0.25) is 4.98 Å². The molecule has 7 heteroatoms. The fourth-order valence-corrected chi connectivity index (χ4v) is 2.77. The topological polar surface area (TPSA) is 69.0 Å². The van der Waals surface area contributed by atoms with Crippen LogP contribution in [-0.4, -0.2) is 44.4 Å². The normalized spacial score (nSPS) is 18.8. The number of rotatable bonds is 4. The average Bonchev–Trinajstić information content (AvgIpc) is 2.94. The van der Waals surface area contributed by atoms with E-state index in [1.54, 1.807) is 18.7 Å². The molecule has 0 radical (unpaired) electrons. The molecule has 0 N–H and O–H groups in total. The highest BCUT2D eigenvalue weighted by molar-refractivity contribution is 5.39. The maximum absolute atomic E-state index is 5.43. The van der Waals surface area contributed by atoms with Gasteiger partial charge >= 0.3 is 0 Å². The summed E-state index contributed by atoms with van der Waals surface area (Å²) in [6.45, 7) is 4.41. The number of nitrogens with zero attached hydrogens (tertiary/aromatic N) is 6. The molecule has 0 amide bonds. The lowest BCUT2D eigenvalue weighted by Gasteiger charge is -2.32. The molecular formula is C14H20N6O. The zero-order chi connectivity index (χ0) is 14.7. The van der Waals surface area contributed by atoms with Gasteiger partial charge in [0.05, 0.1) is 19.0 Å². The van der Waals surface area contributed by atoms with E-state index in [0.29, 0.717) is 18.4 Å². The predicted molar refractivity (Wildman–Crippen MR) is 78.4 cm³/mol. The van der Waals surface area contributed by atoms with Crippen LogP contribution in [0.15, 0.2) is 18.7 Å². The second-order valence-electron chi connectivity index (χ2n) is 5.23. The molecule has 21 heavy (non-hydrogen) atoms. The number of ether oxygens (including phenoxy) is 1. The van der Waals surface area contributed by atoms with Gasteiger partial charge in [-0.2, -0.15) is 4.98 Å². The minimum absolute atomic E-state index is 0.379. The van der Waals surface area contributed by atoms with E-state index < -0.39 is 0 Å². The molecule has 3 heterocycles. The van der Waals surface area contributed by atoms with E-state index in [0.717, 1.165) is 37.6 Å². The number of piperidine rings is 1. The maximum atomic E-state index is 5.43. The first kappa shape index (κ1) is 13.8. The molecule has 1 unspecified atom stereocenters. The lowest BCUT2D eigenvalue weighted by Crippen LogP contribution is -2.35. The van der Waals surface area contributed by atoms with Crippen LogP contribution in [-0.2, 0) is 7.05 Å². The highest BCUT2D eigenvalue weighted by atomic mass is 16.5. The lowest BCUT2D eigenvalue weighted by atomic mass is 9.97. The summed E-state index contributed by atoms with van der Waals surface area (Å²) in [6, 6.07) is 0. The minimum Gasteiger partial charge on any atom is -0.477 e. The van der Waals surface area contributed by atoms with Crippen LogP contribution in [0.4, 0.5) is 5.82 Å². The van der Waals surface area contributed by atoms with Crippen molar-refractivity contribution >= 4 is 5.82 Å². The molecule has 2 aromatic rings. The van der Waals surface area contributed by atoms with Crippen LogP contribution < -0.4 is 9.64 Å². The molecule has 2 aromatic heterocycles. The molecule has 1 atom stereocenters. The second-order valence-corrected chi connectivity index (χ2v) is 5.23. The zero-order valence-corrected chi connectivity index (χ0v) is 12.4. The van der Waals surface area contributed by atoms with Crippen molar-refractivity contribution in [2.75, 3.05) is 24.6 Å². The van der Waals surface area contributed by atoms with Crippen molar-refractivity contribution in [3.8, 4) is 5.88 Å². The summed E-state index contributed by atoms with van der Waals surface area (Å²) in [5, 5.41) is 8.22. The van der Waals surface area contributed by atoms with Crippen LogP contribution in [0.1, 0.15) is 31.5 Å². The van der Waals surface area contributed by atoms with Gasteiger partial charge in [0, 0.05) is 26.1 Å². The van der Waals surface area contributed by atoms with Gasteiger partial charge in [0.2, 0.25) is 5.88 Å². The Morgan fingerprint density at radius 3 is 3.05 bits per heavy atom. The van der Waals surface area contributed by atoms with Gasteiger partial charge in [0.25, 0.3) is 0 Å². The number of anilines is 1. The molecule has 3 rings (SSSR count). The minimum atomic E-state index is 0.379. The van der Waals surface area contributed by atoms with Crippen LogP contribution in [0.25, 0.3) is 0 Å². The summed E-state index contributed by atoms with van der Waals surface area (Å²) in [5.41, 5.74) is 0. The van der Waals surface area contributed by atoms with E-state index in [2.05, 4.69) is 25.1 Å². The molecule has 1 fully saturated rings. The quantitative estimate of drug-likeness (QED) is 0.847. The van der Waals surface area contributed by atoms with Crippen LogP contribution >= 0.6 is 0 Å². The van der Waals surface area contributed by atoms with Crippen LogP contribution in [0.3, 0.4) is 0 Å². The largest absolute Gasteiger partial charge is 0.477 e. The summed E-state index contributed by atoms with van der Waals surface area (Å²) in [5.74, 6) is 2.86. The summed E-state index contributed by atoms with van der Waals surface area (Å²) in [4.78, 5) is 11.0. The van der Waals surface area contributed by atoms with Gasteiger partial charge in [-0.1, -0.05) is 0 Å². The Hall–Kier alpha value is -2.18. The molecule has 1 aliphatic rings. The first-order valence-electron chi connectivity index (χ1n) is 7.31. The van der Waals surface area contributed by atoms with Crippen molar-refractivity contribution in [3.05, 3.63) is 24.5 Å². The van der Waals surface area contributed by atoms with Crippen molar-refractivity contribution in [2.45, 2.75) is 25.7 Å². The molecule has 112 valence electrons. The number of aryl methyl sites for hydroxylation is 1. The number of hydrogen-bond acceptors (Lipinski definition) is 6. The van der Waals surface area contributed by atoms with E-state index in [1.807, 2.05) is 18.5 Å². The Bertz CT molecular complexity index is 599. The first-order valence-corrected chi connectivity index (χ1v) is 7.31. The smallest absolute Gasteiger partial charge is 0.234 e. The molecule has 7 nitrogen and oxygen atoms in total. The lowest BCUT2D eigenvalue weighted by molar-refractivity contribution is 0.325. The fourth-order valence-electron chi connectivity index (χ4n) is 2.77. The third kappa shape index (κ3) is 2.96. The third-order valence-corrected chi connectivity index (χ3v) is 3.75. The van der Waals surface area contributed by atoms with E-state index in [1.165, 1.54) is 0 Å². The fraction of sp³-hybridized carbons (Fsp3) is 0.571. The Balaban J connectivity index is 1.77. The van der Waals surface area contributed by atoms with Crippen LogP contribution in [0, 0.1) is 0 Å². The zero-order valence-electron chi connectivity index (χ0n) is 12.4. The van der Waals surface area contributed by atoms with Gasteiger partial charge in [0.1, 0.15) is 12.2 Å². The van der Waals surface area contributed by atoms with Crippen LogP contribution in [0.2, 0.25) is 0 Å². The average molecular weight is 288 g/mol. The van der Waals surface area contributed by atoms with E-state index in [-0.39, 0.29) is 0 Å². The maximum Gasteiger partial charge on any atom is 0.234 e. The van der Waals surface area contributed by atoms with Crippen molar-refractivity contribution in [2.24, 2.45) is 7.05 Å². The van der Waals surface area contributed by atoms with Gasteiger partial charge in [0.15, 0.2) is 5.82 Å². The molecule has 1 saturated heterocycles. The summed E-state index contributed by atoms with van der Waals surface area (Å²) in [7, 11) is 1.99. The Morgan fingerprint density at radius 1 is 1.38 bits per heavy atom. The van der Waals surface area contributed by atoms with E-state index >= 15 is 0 Å². The molecule has 0 aliphatic carbocycles. The van der Waals surface area contributed by atoms with Crippen molar-refractivity contribution in [1.82, 2.24) is 24.7 Å². The van der Waals surface area contributed by atoms with Gasteiger partial charge in [-0.15, -0.1) is 10.2 Å². The van der Waals surface area contributed by atoms with Gasteiger partial charge in [-0.05, 0) is 19.8 Å². The monoisotopic (exact) mass is 288 g/mol. The first-order chi connectivity index (χ1) is 10.3. The molecule has 0 aromatic carbocycles. The van der Waals surface area contributed by atoms with E-state index in [4.69, 9.17) is 4.74 Å². The Kier molecular flexibility index (Phi) is 3.98. The van der Waals surface area contributed by atoms with Crippen LogP contribution in [0.5, 0.6) is 5.88 Å². The van der Waals surface area contributed by atoms with Gasteiger partial charge in [-0.25, -0.2) is 0 Å². The van der Waals surface area contributed by atoms with Gasteiger partial charge < -0.3 is 14.2 Å². The summed E-state index contributed by atoms with van der Waals surface area (Å²) < 4.78 is 7.43. The van der Waals surface area contributed by atoms with E-state index in [9.17, 15) is 0 Å². The van der Waals surface area contributed by atoms with Crippen molar-refractivity contribution in [3.63, 3.8) is 0 Å².